The predicted molar refractivity (Wildman–Crippen MR) is 66.7 cm³/mol. The average molecular weight is 251 g/mol. The van der Waals surface area contributed by atoms with E-state index in [9.17, 15) is 9.59 Å². The van der Waals surface area contributed by atoms with Crippen LogP contribution in [0.25, 0.3) is 6.08 Å². The molecule has 0 spiro atoms. The summed E-state index contributed by atoms with van der Waals surface area (Å²) < 4.78 is 10.0. The summed E-state index contributed by atoms with van der Waals surface area (Å²) in [7, 11) is 0. The molecule has 0 aliphatic carbocycles. The Kier molecular flexibility index (Phi) is 5.17. The minimum Gasteiger partial charge on any atom is -0.464 e. The molecule has 5 heteroatoms. The van der Waals surface area contributed by atoms with E-state index < -0.39 is 12.0 Å². The van der Waals surface area contributed by atoms with Gasteiger partial charge in [-0.1, -0.05) is 0 Å². The van der Waals surface area contributed by atoms with Gasteiger partial charge in [0.15, 0.2) is 0 Å². The molecule has 1 aromatic rings. The minimum atomic E-state index is -0.666. The van der Waals surface area contributed by atoms with Crippen LogP contribution in [0.5, 0.6) is 0 Å². The summed E-state index contributed by atoms with van der Waals surface area (Å²) in [6.07, 6.45) is 2.86. The molecule has 0 radical (unpaired) electrons. The quantitative estimate of drug-likeness (QED) is 0.638. The number of esters is 1. The molecule has 1 atom stereocenters. The van der Waals surface area contributed by atoms with E-state index >= 15 is 0 Å². The lowest BCUT2D eigenvalue weighted by atomic mass is 10.3. The van der Waals surface area contributed by atoms with Crippen molar-refractivity contribution in [3.63, 3.8) is 0 Å². The van der Waals surface area contributed by atoms with E-state index in [0.717, 1.165) is 5.76 Å². The molecule has 98 valence electrons. The van der Waals surface area contributed by atoms with Crippen LogP contribution in [-0.4, -0.2) is 24.5 Å². The zero-order valence-electron chi connectivity index (χ0n) is 10.7. The van der Waals surface area contributed by atoms with Crippen LogP contribution in [0.3, 0.4) is 0 Å². The van der Waals surface area contributed by atoms with Crippen molar-refractivity contribution in [1.29, 1.82) is 0 Å². The number of carbonyl (C=O) groups excluding carboxylic acids is 2. The molecule has 1 heterocycles. The molecule has 0 bridgehead atoms. The Morgan fingerprint density at radius 1 is 1.50 bits per heavy atom. The molecular formula is C13H17NO4. The molecule has 0 saturated heterocycles. The number of carbonyl (C=O) groups is 2. The molecule has 0 aliphatic rings. The number of nitrogens with one attached hydrogen (secondary N) is 1. The monoisotopic (exact) mass is 251 g/mol. The first-order valence-corrected chi connectivity index (χ1v) is 5.74. The predicted octanol–water partition coefficient (Wildman–Crippen LogP) is 1.67. The molecule has 0 saturated carbocycles. The first kappa shape index (κ1) is 14.0. The van der Waals surface area contributed by atoms with Crippen molar-refractivity contribution in [2.45, 2.75) is 26.8 Å². The van der Waals surface area contributed by atoms with E-state index in [2.05, 4.69) is 5.32 Å². The molecule has 0 aliphatic heterocycles. The summed E-state index contributed by atoms with van der Waals surface area (Å²) in [6.45, 7) is 5.40. The lowest BCUT2D eigenvalue weighted by Gasteiger charge is -2.10. The van der Waals surface area contributed by atoms with E-state index in [1.165, 1.54) is 6.08 Å². The summed E-state index contributed by atoms with van der Waals surface area (Å²) in [5, 5.41) is 2.50. The SMILES string of the molecule is CCOC(=O)C(C)NC(=O)C=Cc1ccc(C)o1. The highest BCUT2D eigenvalue weighted by Gasteiger charge is 2.14. The summed E-state index contributed by atoms with van der Waals surface area (Å²) in [5.41, 5.74) is 0. The lowest BCUT2D eigenvalue weighted by molar-refractivity contribution is -0.146. The normalized spacial score (nSPS) is 12.4. The van der Waals surface area contributed by atoms with Gasteiger partial charge in [-0.25, -0.2) is 4.79 Å². The van der Waals surface area contributed by atoms with Crippen LogP contribution in [0, 0.1) is 6.92 Å². The summed E-state index contributed by atoms with van der Waals surface area (Å²) >= 11 is 0. The second-order valence-electron chi connectivity index (χ2n) is 3.76. The van der Waals surface area contributed by atoms with Crippen molar-refractivity contribution in [3.05, 3.63) is 29.7 Å². The van der Waals surface area contributed by atoms with Crippen LogP contribution in [0.2, 0.25) is 0 Å². The van der Waals surface area contributed by atoms with Crippen LogP contribution in [-0.2, 0) is 14.3 Å². The highest BCUT2D eigenvalue weighted by Crippen LogP contribution is 2.07. The van der Waals surface area contributed by atoms with Crippen molar-refractivity contribution in [1.82, 2.24) is 5.32 Å². The number of rotatable bonds is 5. The zero-order valence-corrected chi connectivity index (χ0v) is 10.7. The number of hydrogen-bond donors (Lipinski definition) is 1. The number of ether oxygens (including phenoxy) is 1. The van der Waals surface area contributed by atoms with Crippen molar-refractivity contribution in [2.75, 3.05) is 6.61 Å². The fourth-order valence-corrected chi connectivity index (χ4v) is 1.29. The number of hydrogen-bond acceptors (Lipinski definition) is 4. The second-order valence-corrected chi connectivity index (χ2v) is 3.76. The summed E-state index contributed by atoms with van der Waals surface area (Å²) in [6, 6.07) is 2.90. The van der Waals surface area contributed by atoms with Gasteiger partial charge in [0.2, 0.25) is 5.91 Å². The molecule has 0 aromatic carbocycles. The Hall–Kier alpha value is -2.04. The zero-order chi connectivity index (χ0) is 13.5. The van der Waals surface area contributed by atoms with Crippen LogP contribution in [0.15, 0.2) is 22.6 Å². The Morgan fingerprint density at radius 3 is 2.78 bits per heavy atom. The highest BCUT2D eigenvalue weighted by molar-refractivity contribution is 5.94. The highest BCUT2D eigenvalue weighted by atomic mass is 16.5. The Morgan fingerprint density at radius 2 is 2.22 bits per heavy atom. The third-order valence-electron chi connectivity index (χ3n) is 2.16. The van der Waals surface area contributed by atoms with Gasteiger partial charge in [-0.05, 0) is 39.0 Å². The number of aryl methyl sites for hydroxylation is 1. The van der Waals surface area contributed by atoms with Crippen LogP contribution < -0.4 is 5.32 Å². The lowest BCUT2D eigenvalue weighted by Crippen LogP contribution is -2.38. The molecule has 1 N–H and O–H groups in total. The van der Waals surface area contributed by atoms with Crippen molar-refractivity contribution in [2.24, 2.45) is 0 Å². The van der Waals surface area contributed by atoms with Gasteiger partial charge in [0.05, 0.1) is 6.61 Å². The summed E-state index contributed by atoms with van der Waals surface area (Å²) in [5.74, 6) is 0.541. The van der Waals surface area contributed by atoms with Crippen LogP contribution in [0.1, 0.15) is 25.4 Å². The maximum atomic E-state index is 11.5. The van der Waals surface area contributed by atoms with Crippen LogP contribution in [0.4, 0.5) is 0 Å². The van der Waals surface area contributed by atoms with Crippen molar-refractivity contribution >= 4 is 18.0 Å². The molecule has 18 heavy (non-hydrogen) atoms. The smallest absolute Gasteiger partial charge is 0.328 e. The molecule has 5 nitrogen and oxygen atoms in total. The van der Waals surface area contributed by atoms with E-state index in [1.54, 1.807) is 32.1 Å². The summed E-state index contributed by atoms with van der Waals surface area (Å²) in [4.78, 5) is 22.8. The van der Waals surface area contributed by atoms with Gasteiger partial charge in [0, 0.05) is 6.08 Å². The molecule has 0 fully saturated rings. The molecular weight excluding hydrogens is 234 g/mol. The van der Waals surface area contributed by atoms with E-state index in [-0.39, 0.29) is 5.91 Å². The van der Waals surface area contributed by atoms with E-state index in [1.807, 2.05) is 6.92 Å². The minimum absolute atomic E-state index is 0.292. The van der Waals surface area contributed by atoms with Crippen molar-refractivity contribution < 1.29 is 18.7 Å². The standard InChI is InChI=1S/C13H17NO4/c1-4-17-13(16)10(3)14-12(15)8-7-11-6-5-9(2)18-11/h5-8,10H,4H2,1-3H3,(H,14,15). The van der Waals surface area contributed by atoms with E-state index in [0.29, 0.717) is 12.4 Å². The first-order valence-electron chi connectivity index (χ1n) is 5.74. The van der Waals surface area contributed by atoms with Crippen molar-refractivity contribution in [3.8, 4) is 0 Å². The Bertz CT molecular complexity index is 448. The molecule has 1 aromatic heterocycles. The van der Waals surface area contributed by atoms with Gasteiger partial charge in [-0.3, -0.25) is 4.79 Å². The first-order chi connectivity index (χ1) is 8.52. The fraction of sp³-hybridized carbons (Fsp3) is 0.385. The number of furan rings is 1. The topological polar surface area (TPSA) is 68.5 Å². The van der Waals surface area contributed by atoms with Gasteiger partial charge >= 0.3 is 5.97 Å². The van der Waals surface area contributed by atoms with Gasteiger partial charge < -0.3 is 14.5 Å². The van der Waals surface area contributed by atoms with Gasteiger partial charge in [0.25, 0.3) is 0 Å². The molecule has 1 unspecified atom stereocenters. The maximum Gasteiger partial charge on any atom is 0.328 e. The molecule has 1 rings (SSSR count). The van der Waals surface area contributed by atoms with Gasteiger partial charge in [0.1, 0.15) is 17.6 Å². The van der Waals surface area contributed by atoms with Gasteiger partial charge in [-0.2, -0.15) is 0 Å². The van der Waals surface area contributed by atoms with Crippen LogP contribution >= 0.6 is 0 Å². The number of amides is 1. The van der Waals surface area contributed by atoms with E-state index in [4.69, 9.17) is 9.15 Å². The fourth-order valence-electron chi connectivity index (χ4n) is 1.29. The third kappa shape index (κ3) is 4.45. The van der Waals surface area contributed by atoms with Gasteiger partial charge in [-0.15, -0.1) is 0 Å². The largest absolute Gasteiger partial charge is 0.464 e. The average Bonchev–Trinajstić information content (AvgIpc) is 2.73. The maximum absolute atomic E-state index is 11.5. The third-order valence-corrected chi connectivity index (χ3v) is 2.16. The Balaban J connectivity index is 2.46. The molecule has 1 amide bonds. The Labute approximate surface area is 106 Å². The second kappa shape index (κ2) is 6.64.